The van der Waals surface area contributed by atoms with Gasteiger partial charge in [-0.2, -0.15) is 0 Å². The summed E-state index contributed by atoms with van der Waals surface area (Å²) in [6, 6.07) is 12.1. The van der Waals surface area contributed by atoms with E-state index in [2.05, 4.69) is 34.3 Å². The highest BCUT2D eigenvalue weighted by Crippen LogP contribution is 2.08. The molecule has 2 rings (SSSR count). The minimum absolute atomic E-state index is 0.632. The molecule has 0 bridgehead atoms. The number of nitrogens with zero attached hydrogens (tertiary/aromatic N) is 1. The topological polar surface area (TPSA) is 40.7 Å². The first-order chi connectivity index (χ1) is 8.78. The first kappa shape index (κ1) is 12.8. The molecule has 2 aromatic rings. The van der Waals surface area contributed by atoms with Crippen molar-refractivity contribution in [3.63, 3.8) is 0 Å². The van der Waals surface area contributed by atoms with Crippen LogP contribution in [0.15, 0.2) is 36.4 Å². The van der Waals surface area contributed by atoms with Crippen molar-refractivity contribution in [1.29, 1.82) is 0 Å². The summed E-state index contributed by atoms with van der Waals surface area (Å²) in [5.41, 5.74) is 1.24. The van der Waals surface area contributed by atoms with Gasteiger partial charge in [0.1, 0.15) is 16.3 Å². The molecule has 94 valence electrons. The van der Waals surface area contributed by atoms with E-state index in [0.717, 1.165) is 31.0 Å². The van der Waals surface area contributed by atoms with Crippen molar-refractivity contribution in [2.24, 2.45) is 0 Å². The molecule has 0 saturated carbocycles. The molecule has 1 aromatic heterocycles. The van der Waals surface area contributed by atoms with Crippen LogP contribution in [0.2, 0.25) is 0 Å². The van der Waals surface area contributed by atoms with Crippen molar-refractivity contribution < 1.29 is 0 Å². The van der Waals surface area contributed by atoms with E-state index < -0.39 is 0 Å². The van der Waals surface area contributed by atoms with Crippen LogP contribution in [0.4, 0.5) is 5.82 Å². The molecule has 4 heteroatoms. The number of hydrogen-bond donors (Lipinski definition) is 2. The predicted octanol–water partition coefficient (Wildman–Crippen LogP) is 3.70. The average molecular weight is 259 g/mol. The maximum Gasteiger partial charge on any atom is 0.131 e. The second-order valence-electron chi connectivity index (χ2n) is 4.17. The highest BCUT2D eigenvalue weighted by Gasteiger charge is 1.98. The van der Waals surface area contributed by atoms with E-state index in [1.54, 1.807) is 0 Å². The SMILES string of the molecule is CCCc1nc(=S)cc(NCc2ccccc2)[nH]1. The number of aryl methyl sites for hydroxylation is 1. The van der Waals surface area contributed by atoms with Gasteiger partial charge < -0.3 is 10.3 Å². The van der Waals surface area contributed by atoms with Crippen LogP contribution in [-0.4, -0.2) is 9.97 Å². The largest absolute Gasteiger partial charge is 0.367 e. The fraction of sp³-hybridized carbons (Fsp3) is 0.286. The quantitative estimate of drug-likeness (QED) is 0.804. The van der Waals surface area contributed by atoms with E-state index in [9.17, 15) is 0 Å². The van der Waals surface area contributed by atoms with Gasteiger partial charge in [-0.3, -0.25) is 0 Å². The van der Waals surface area contributed by atoms with Gasteiger partial charge in [-0.05, 0) is 12.0 Å². The van der Waals surface area contributed by atoms with Crippen LogP contribution in [0.5, 0.6) is 0 Å². The minimum atomic E-state index is 0.632. The van der Waals surface area contributed by atoms with E-state index in [1.807, 2.05) is 24.3 Å². The minimum Gasteiger partial charge on any atom is -0.367 e. The Morgan fingerprint density at radius 1 is 1.28 bits per heavy atom. The Balaban J connectivity index is 2.07. The summed E-state index contributed by atoms with van der Waals surface area (Å²) in [5.74, 6) is 1.88. The van der Waals surface area contributed by atoms with E-state index >= 15 is 0 Å². The zero-order valence-electron chi connectivity index (χ0n) is 10.4. The van der Waals surface area contributed by atoms with Crippen LogP contribution in [0, 0.1) is 4.64 Å². The van der Waals surface area contributed by atoms with Gasteiger partial charge in [0.2, 0.25) is 0 Å². The van der Waals surface area contributed by atoms with Gasteiger partial charge in [0.25, 0.3) is 0 Å². The van der Waals surface area contributed by atoms with Crippen LogP contribution in [0.25, 0.3) is 0 Å². The number of benzene rings is 1. The Kier molecular flexibility index (Phi) is 4.47. The van der Waals surface area contributed by atoms with Crippen LogP contribution < -0.4 is 5.32 Å². The molecule has 1 aromatic carbocycles. The van der Waals surface area contributed by atoms with Crippen molar-refractivity contribution in [2.45, 2.75) is 26.3 Å². The highest BCUT2D eigenvalue weighted by molar-refractivity contribution is 7.71. The zero-order valence-corrected chi connectivity index (χ0v) is 11.3. The van der Waals surface area contributed by atoms with Gasteiger partial charge in [-0.25, -0.2) is 4.98 Å². The van der Waals surface area contributed by atoms with Crippen LogP contribution in [0.1, 0.15) is 24.7 Å². The predicted molar refractivity (Wildman–Crippen MR) is 77.2 cm³/mol. The lowest BCUT2D eigenvalue weighted by molar-refractivity contribution is 0.830. The molecule has 0 aliphatic rings. The monoisotopic (exact) mass is 259 g/mol. The summed E-state index contributed by atoms with van der Waals surface area (Å²) in [6.07, 6.45) is 1.98. The fourth-order valence-corrected chi connectivity index (χ4v) is 1.98. The summed E-state index contributed by atoms with van der Waals surface area (Å²) >= 11 is 5.16. The van der Waals surface area contributed by atoms with Crippen molar-refractivity contribution in [3.8, 4) is 0 Å². The lowest BCUT2D eigenvalue weighted by atomic mass is 10.2. The van der Waals surface area contributed by atoms with Gasteiger partial charge in [0, 0.05) is 19.0 Å². The first-order valence-corrected chi connectivity index (χ1v) is 6.57. The molecule has 0 radical (unpaired) electrons. The maximum absolute atomic E-state index is 5.16. The molecule has 0 saturated heterocycles. The van der Waals surface area contributed by atoms with Gasteiger partial charge >= 0.3 is 0 Å². The number of hydrogen-bond acceptors (Lipinski definition) is 3. The Bertz CT molecular complexity index is 548. The Labute approximate surface area is 112 Å². The first-order valence-electron chi connectivity index (χ1n) is 6.16. The molecular formula is C14H17N3S. The van der Waals surface area contributed by atoms with Crippen LogP contribution >= 0.6 is 12.2 Å². The molecule has 1 heterocycles. The fourth-order valence-electron chi connectivity index (χ4n) is 1.75. The summed E-state index contributed by atoms with van der Waals surface area (Å²) in [5, 5.41) is 3.34. The normalized spacial score (nSPS) is 10.3. The molecule has 3 nitrogen and oxygen atoms in total. The molecule has 0 spiro atoms. The molecule has 18 heavy (non-hydrogen) atoms. The highest BCUT2D eigenvalue weighted by atomic mass is 32.1. The molecule has 0 unspecified atom stereocenters. The molecule has 0 amide bonds. The second kappa shape index (κ2) is 6.31. The number of aromatic amines is 1. The van der Waals surface area contributed by atoms with Crippen molar-refractivity contribution in [2.75, 3.05) is 5.32 Å². The second-order valence-corrected chi connectivity index (χ2v) is 4.59. The standard InChI is InChI=1S/C14H17N3S/c1-2-6-12-16-13(9-14(18)17-12)15-10-11-7-4-3-5-8-11/h3-5,7-9H,2,6,10H2,1H3,(H2,15,16,17,18). The molecular weight excluding hydrogens is 242 g/mol. The van der Waals surface area contributed by atoms with Crippen LogP contribution in [0.3, 0.4) is 0 Å². The van der Waals surface area contributed by atoms with Gasteiger partial charge in [-0.15, -0.1) is 0 Å². The Morgan fingerprint density at radius 3 is 2.78 bits per heavy atom. The Hall–Kier alpha value is -1.68. The molecule has 0 atom stereocenters. The summed E-state index contributed by atoms with van der Waals surface area (Å²) in [4.78, 5) is 7.57. The molecule has 2 N–H and O–H groups in total. The number of rotatable bonds is 5. The van der Waals surface area contributed by atoms with Gasteiger partial charge in [-0.1, -0.05) is 49.5 Å². The molecule has 0 fully saturated rings. The van der Waals surface area contributed by atoms with Crippen LogP contribution in [-0.2, 0) is 13.0 Å². The summed E-state index contributed by atoms with van der Waals surface area (Å²) in [7, 11) is 0. The summed E-state index contributed by atoms with van der Waals surface area (Å²) in [6.45, 7) is 2.91. The number of anilines is 1. The number of nitrogens with one attached hydrogen (secondary N) is 2. The van der Waals surface area contributed by atoms with Crippen molar-refractivity contribution in [1.82, 2.24) is 9.97 Å². The third-order valence-electron chi connectivity index (χ3n) is 2.60. The van der Waals surface area contributed by atoms with E-state index in [-0.39, 0.29) is 0 Å². The smallest absolute Gasteiger partial charge is 0.131 e. The molecule has 0 aliphatic heterocycles. The lowest BCUT2D eigenvalue weighted by Crippen LogP contribution is -2.04. The lowest BCUT2D eigenvalue weighted by Gasteiger charge is -2.08. The zero-order chi connectivity index (χ0) is 12.8. The third-order valence-corrected chi connectivity index (χ3v) is 2.81. The van der Waals surface area contributed by atoms with Gasteiger partial charge in [0.05, 0.1) is 0 Å². The number of aromatic nitrogens is 2. The van der Waals surface area contributed by atoms with E-state index in [1.165, 1.54) is 5.56 Å². The maximum atomic E-state index is 5.16. The van der Waals surface area contributed by atoms with E-state index in [4.69, 9.17) is 12.2 Å². The van der Waals surface area contributed by atoms with Gasteiger partial charge in [0.15, 0.2) is 0 Å². The van der Waals surface area contributed by atoms with Crippen molar-refractivity contribution >= 4 is 18.0 Å². The molecule has 0 aliphatic carbocycles. The average Bonchev–Trinajstić information content (AvgIpc) is 2.37. The van der Waals surface area contributed by atoms with E-state index in [0.29, 0.717) is 4.64 Å². The van der Waals surface area contributed by atoms with Crippen molar-refractivity contribution in [3.05, 3.63) is 52.4 Å². The number of H-pyrrole nitrogens is 1. The Morgan fingerprint density at radius 2 is 2.06 bits per heavy atom. The summed E-state index contributed by atoms with van der Waals surface area (Å²) < 4.78 is 0.632. The third kappa shape index (κ3) is 3.67.